The van der Waals surface area contributed by atoms with E-state index in [1.807, 2.05) is 97.1 Å². The van der Waals surface area contributed by atoms with Crippen molar-refractivity contribution < 1.29 is 14.3 Å². The maximum Gasteiger partial charge on any atom is 0.181 e. The van der Waals surface area contributed by atoms with Gasteiger partial charge in [-0.05, 0) is 35.4 Å². The second-order valence-electron chi connectivity index (χ2n) is 8.42. The second kappa shape index (κ2) is 7.21. The quantitative estimate of drug-likeness (QED) is 0.402. The van der Waals surface area contributed by atoms with Gasteiger partial charge in [0.05, 0.1) is 7.11 Å². The molecule has 0 aromatic heterocycles. The highest BCUT2D eigenvalue weighted by Crippen LogP contribution is 2.66. The SMILES string of the molecule is COc1cccc(C2=CC(=O)[C@]3(c4ccccc4)c4ccccc4O[C@]23c2ccccc2)c1. The second-order valence-corrected chi connectivity index (χ2v) is 8.42. The van der Waals surface area contributed by atoms with Crippen LogP contribution in [0.25, 0.3) is 5.57 Å². The molecular formula is C30H22O3. The van der Waals surface area contributed by atoms with Gasteiger partial charge in [0.15, 0.2) is 11.4 Å². The van der Waals surface area contributed by atoms with Crippen molar-refractivity contribution in [3.63, 3.8) is 0 Å². The summed E-state index contributed by atoms with van der Waals surface area (Å²) in [5.41, 5.74) is 2.38. The van der Waals surface area contributed by atoms with Crippen LogP contribution in [0, 0.1) is 0 Å². The summed E-state index contributed by atoms with van der Waals surface area (Å²) in [7, 11) is 1.65. The third kappa shape index (κ3) is 2.48. The molecule has 160 valence electrons. The first-order valence-corrected chi connectivity index (χ1v) is 11.0. The third-order valence-corrected chi connectivity index (χ3v) is 6.87. The Kier molecular flexibility index (Phi) is 4.27. The highest BCUT2D eigenvalue weighted by Gasteiger charge is 2.70. The predicted molar refractivity (Wildman–Crippen MR) is 128 cm³/mol. The van der Waals surface area contributed by atoms with Crippen LogP contribution in [0.4, 0.5) is 0 Å². The summed E-state index contributed by atoms with van der Waals surface area (Å²) >= 11 is 0. The Morgan fingerprint density at radius 2 is 1.39 bits per heavy atom. The molecule has 0 amide bonds. The molecule has 0 N–H and O–H groups in total. The van der Waals surface area contributed by atoms with Gasteiger partial charge < -0.3 is 9.47 Å². The van der Waals surface area contributed by atoms with Crippen molar-refractivity contribution in [3.8, 4) is 11.5 Å². The minimum absolute atomic E-state index is 0.0142. The van der Waals surface area contributed by atoms with Gasteiger partial charge >= 0.3 is 0 Å². The zero-order valence-corrected chi connectivity index (χ0v) is 18.2. The number of fused-ring (bicyclic) bond motifs is 3. The van der Waals surface area contributed by atoms with E-state index in [4.69, 9.17) is 9.47 Å². The summed E-state index contributed by atoms with van der Waals surface area (Å²) < 4.78 is 12.5. The zero-order chi connectivity index (χ0) is 22.5. The first-order valence-electron chi connectivity index (χ1n) is 11.0. The Morgan fingerprint density at radius 1 is 0.727 bits per heavy atom. The number of allylic oxidation sites excluding steroid dienone is 1. The fraction of sp³-hybridized carbons (Fsp3) is 0.100. The van der Waals surface area contributed by atoms with E-state index in [2.05, 4.69) is 12.1 Å². The lowest BCUT2D eigenvalue weighted by Crippen LogP contribution is -2.51. The number of hydrogen-bond acceptors (Lipinski definition) is 3. The monoisotopic (exact) mass is 430 g/mol. The van der Waals surface area contributed by atoms with Gasteiger partial charge in [-0.15, -0.1) is 0 Å². The van der Waals surface area contributed by atoms with Crippen LogP contribution < -0.4 is 9.47 Å². The molecule has 3 heteroatoms. The number of hydrogen-bond donors (Lipinski definition) is 0. The van der Waals surface area contributed by atoms with Gasteiger partial charge in [-0.3, -0.25) is 4.79 Å². The van der Waals surface area contributed by atoms with Crippen LogP contribution in [0.3, 0.4) is 0 Å². The molecule has 4 aromatic carbocycles. The molecule has 0 fully saturated rings. The van der Waals surface area contributed by atoms with Gasteiger partial charge in [-0.2, -0.15) is 0 Å². The van der Waals surface area contributed by atoms with Crippen molar-refractivity contribution in [2.24, 2.45) is 0 Å². The number of methoxy groups -OCH3 is 1. The lowest BCUT2D eigenvalue weighted by Gasteiger charge is -2.41. The van der Waals surface area contributed by atoms with E-state index in [0.717, 1.165) is 39.3 Å². The van der Waals surface area contributed by atoms with E-state index in [-0.39, 0.29) is 5.78 Å². The predicted octanol–water partition coefficient (Wildman–Crippen LogP) is 5.94. The van der Waals surface area contributed by atoms with Gasteiger partial charge in [0.25, 0.3) is 0 Å². The fourth-order valence-electron chi connectivity index (χ4n) is 5.57. The summed E-state index contributed by atoms with van der Waals surface area (Å²) in [5, 5.41) is 0. The molecule has 0 radical (unpaired) electrons. The molecular weight excluding hydrogens is 408 g/mol. The maximum absolute atomic E-state index is 14.3. The van der Waals surface area contributed by atoms with Crippen LogP contribution in [-0.4, -0.2) is 12.9 Å². The lowest BCUT2D eigenvalue weighted by molar-refractivity contribution is -0.120. The van der Waals surface area contributed by atoms with Gasteiger partial charge in [0.2, 0.25) is 0 Å². The molecule has 1 aliphatic carbocycles. The minimum Gasteiger partial charge on any atom is -0.497 e. The summed E-state index contributed by atoms with van der Waals surface area (Å²) in [6.07, 6.45) is 1.77. The molecule has 1 heterocycles. The Labute approximate surface area is 192 Å². The molecule has 0 saturated carbocycles. The van der Waals surface area contributed by atoms with Crippen LogP contribution in [0.1, 0.15) is 22.3 Å². The highest BCUT2D eigenvalue weighted by molar-refractivity contribution is 6.16. The Morgan fingerprint density at radius 3 is 2.12 bits per heavy atom. The van der Waals surface area contributed by atoms with Crippen molar-refractivity contribution in [2.45, 2.75) is 11.0 Å². The standard InChI is InChI=1S/C30H22O3/c1-32-24-16-10-11-21(19-24)26-20-28(31)29(22-12-4-2-5-13-22)25-17-8-9-18-27(25)33-30(26,29)23-14-6-3-7-15-23/h2-20H,1H3/t29-,30+/m0/s1. The first kappa shape index (κ1) is 19.6. The molecule has 33 heavy (non-hydrogen) atoms. The Bertz CT molecular complexity index is 1390. The van der Waals surface area contributed by atoms with E-state index in [0.29, 0.717) is 0 Å². The molecule has 3 nitrogen and oxygen atoms in total. The smallest absolute Gasteiger partial charge is 0.181 e. The third-order valence-electron chi connectivity index (χ3n) is 6.87. The van der Waals surface area contributed by atoms with E-state index in [1.165, 1.54) is 0 Å². The largest absolute Gasteiger partial charge is 0.497 e. The Hall–Kier alpha value is -4.11. The average Bonchev–Trinajstić information content (AvgIpc) is 3.34. The normalized spacial score (nSPS) is 22.8. The average molecular weight is 431 g/mol. The van der Waals surface area contributed by atoms with Gasteiger partial charge in [0.1, 0.15) is 16.9 Å². The molecule has 2 aliphatic rings. The lowest BCUT2D eigenvalue weighted by atomic mass is 9.61. The van der Waals surface area contributed by atoms with E-state index >= 15 is 0 Å². The number of ether oxygens (including phenoxy) is 2. The number of rotatable bonds is 4. The molecule has 2 atom stereocenters. The maximum atomic E-state index is 14.3. The van der Waals surface area contributed by atoms with E-state index in [9.17, 15) is 4.79 Å². The van der Waals surface area contributed by atoms with Gasteiger partial charge in [-0.1, -0.05) is 91.0 Å². The zero-order valence-electron chi connectivity index (χ0n) is 18.2. The van der Waals surface area contributed by atoms with Gasteiger partial charge in [0, 0.05) is 16.7 Å². The van der Waals surface area contributed by atoms with Crippen LogP contribution in [0.5, 0.6) is 11.5 Å². The molecule has 0 spiro atoms. The van der Waals surface area contributed by atoms with Crippen LogP contribution in [0.2, 0.25) is 0 Å². The van der Waals surface area contributed by atoms with E-state index in [1.54, 1.807) is 13.2 Å². The van der Waals surface area contributed by atoms with Crippen molar-refractivity contribution in [1.82, 2.24) is 0 Å². The number of carbonyl (C=O) groups excluding carboxylic acids is 1. The molecule has 4 aromatic rings. The van der Waals surface area contributed by atoms with Crippen LogP contribution in [-0.2, 0) is 15.8 Å². The van der Waals surface area contributed by atoms with Crippen molar-refractivity contribution >= 4 is 11.4 Å². The summed E-state index contributed by atoms with van der Waals surface area (Å²) in [5.74, 6) is 1.48. The van der Waals surface area contributed by atoms with Crippen LogP contribution in [0.15, 0.2) is 115 Å². The number of para-hydroxylation sites is 1. The van der Waals surface area contributed by atoms with E-state index < -0.39 is 11.0 Å². The van der Waals surface area contributed by atoms with Crippen molar-refractivity contribution in [3.05, 3.63) is 138 Å². The van der Waals surface area contributed by atoms with Crippen molar-refractivity contribution in [1.29, 1.82) is 0 Å². The fourth-order valence-corrected chi connectivity index (χ4v) is 5.57. The molecule has 0 saturated heterocycles. The molecule has 1 aliphatic heterocycles. The van der Waals surface area contributed by atoms with Crippen molar-refractivity contribution in [2.75, 3.05) is 7.11 Å². The highest BCUT2D eigenvalue weighted by atomic mass is 16.5. The summed E-state index contributed by atoms with van der Waals surface area (Å²) in [6.45, 7) is 0. The summed E-state index contributed by atoms with van der Waals surface area (Å²) in [6, 6.07) is 35.8. The number of carbonyl (C=O) groups is 1. The molecule has 0 unspecified atom stereocenters. The Balaban J connectivity index is 1.74. The first-order chi connectivity index (χ1) is 16.2. The molecule has 0 bridgehead atoms. The minimum atomic E-state index is -1.05. The van der Waals surface area contributed by atoms with Crippen LogP contribution >= 0.6 is 0 Å². The summed E-state index contributed by atoms with van der Waals surface area (Å²) in [4.78, 5) is 14.3. The topological polar surface area (TPSA) is 35.5 Å². The molecule has 6 rings (SSSR count). The number of benzene rings is 4. The number of ketones is 1. The van der Waals surface area contributed by atoms with Gasteiger partial charge in [-0.25, -0.2) is 0 Å².